The molecule has 4 heterocycles. The summed E-state index contributed by atoms with van der Waals surface area (Å²) in [6.45, 7) is 4.70. The van der Waals surface area contributed by atoms with Gasteiger partial charge in [0.05, 0.1) is 41.7 Å². The van der Waals surface area contributed by atoms with Gasteiger partial charge in [0.2, 0.25) is 5.88 Å². The van der Waals surface area contributed by atoms with Crippen LogP contribution in [0.2, 0.25) is 0 Å². The summed E-state index contributed by atoms with van der Waals surface area (Å²) in [5.74, 6) is 0.0827. The smallest absolute Gasteiger partial charge is 0.266 e. The van der Waals surface area contributed by atoms with Crippen LogP contribution in [-0.2, 0) is 14.6 Å². The molecule has 9 nitrogen and oxygen atoms in total. The van der Waals surface area contributed by atoms with E-state index in [2.05, 4.69) is 20.3 Å². The molecule has 13 heteroatoms. The van der Waals surface area contributed by atoms with Crippen LogP contribution in [0.5, 0.6) is 5.88 Å². The Morgan fingerprint density at radius 2 is 1.84 bits per heavy atom. The van der Waals surface area contributed by atoms with Crippen molar-refractivity contribution in [3.05, 3.63) is 47.0 Å². The third-order valence-corrected chi connectivity index (χ3v) is 8.04. The summed E-state index contributed by atoms with van der Waals surface area (Å²) < 4.78 is 76.5. The van der Waals surface area contributed by atoms with Crippen molar-refractivity contribution in [2.45, 2.75) is 32.4 Å². The molecule has 0 saturated carbocycles. The van der Waals surface area contributed by atoms with Gasteiger partial charge in [-0.3, -0.25) is 0 Å². The Morgan fingerprint density at radius 3 is 2.49 bits per heavy atom. The average Bonchev–Trinajstić information content (AvgIpc) is 2.81. The maximum atomic E-state index is 14.8. The van der Waals surface area contributed by atoms with Gasteiger partial charge in [0.25, 0.3) is 6.43 Å². The third-order valence-electron chi connectivity index (χ3n) is 6.43. The molecule has 2 fully saturated rings. The van der Waals surface area contributed by atoms with Gasteiger partial charge in [-0.1, -0.05) is 18.2 Å². The maximum absolute atomic E-state index is 14.8. The number of fused-ring (bicyclic) bond motifs is 1. The number of hydrogen-bond acceptors (Lipinski definition) is 9. The number of benzene rings is 1. The van der Waals surface area contributed by atoms with Crippen molar-refractivity contribution in [1.29, 1.82) is 0 Å². The molecule has 1 atom stereocenters. The van der Waals surface area contributed by atoms with Gasteiger partial charge in [0, 0.05) is 18.7 Å². The van der Waals surface area contributed by atoms with E-state index in [4.69, 9.17) is 9.47 Å². The highest BCUT2D eigenvalue weighted by Gasteiger charge is 2.29. The van der Waals surface area contributed by atoms with Crippen LogP contribution in [0.3, 0.4) is 0 Å². The minimum absolute atomic E-state index is 0.00328. The summed E-state index contributed by atoms with van der Waals surface area (Å²) in [4.78, 5) is 15.4. The fraction of sp³-hybridized carbons (Fsp3) is 0.458. The molecular weight excluding hydrogens is 511 g/mol. The maximum Gasteiger partial charge on any atom is 0.266 e. The van der Waals surface area contributed by atoms with Crippen molar-refractivity contribution < 1.29 is 31.1 Å². The first-order valence-electron chi connectivity index (χ1n) is 11.8. The monoisotopic (exact) mass is 537 g/mol. The van der Waals surface area contributed by atoms with Crippen LogP contribution in [0.1, 0.15) is 36.3 Å². The highest BCUT2D eigenvalue weighted by atomic mass is 32.2. The zero-order valence-electron chi connectivity index (χ0n) is 20.2. The van der Waals surface area contributed by atoms with Crippen molar-refractivity contribution in [3.8, 4) is 5.88 Å². The Hall–Kier alpha value is -3.19. The molecule has 2 aliphatic heterocycles. The van der Waals surface area contributed by atoms with E-state index < -0.39 is 33.7 Å². The lowest BCUT2D eigenvalue weighted by Crippen LogP contribution is -2.42. The van der Waals surface area contributed by atoms with Gasteiger partial charge in [-0.2, -0.15) is 4.98 Å². The molecule has 0 bridgehead atoms. The predicted octanol–water partition coefficient (Wildman–Crippen LogP) is 3.60. The van der Waals surface area contributed by atoms with Gasteiger partial charge >= 0.3 is 0 Å². The first kappa shape index (κ1) is 25.5. The molecule has 3 aromatic rings. The van der Waals surface area contributed by atoms with Gasteiger partial charge in [0.15, 0.2) is 15.5 Å². The van der Waals surface area contributed by atoms with Crippen molar-refractivity contribution in [2.24, 2.45) is 0 Å². The highest BCUT2D eigenvalue weighted by molar-refractivity contribution is 7.91. The number of pyridine rings is 1. The molecule has 0 unspecified atom stereocenters. The van der Waals surface area contributed by atoms with Crippen LogP contribution in [0.25, 0.3) is 11.0 Å². The molecule has 2 aliphatic rings. The standard InChI is InChI=1S/C24H26F3N5O4S/c1-13(16-4-3-5-17(20(16)25)21(26)27)28-22-18-10-19(32-6-8-37(33,34)9-7-32)24(36-15-11-35-12-15)31-23(18)30-14(2)29-22/h3-5,10,13,15,21H,6-9,11-12H2,1-2H3,(H,28,29,30,31)/t13-/m1/s1. The van der Waals surface area contributed by atoms with E-state index in [9.17, 15) is 21.6 Å². The second-order valence-electron chi connectivity index (χ2n) is 9.14. The first-order valence-corrected chi connectivity index (χ1v) is 13.7. The summed E-state index contributed by atoms with van der Waals surface area (Å²) in [5.41, 5.74) is 0.318. The largest absolute Gasteiger partial charge is 0.468 e. The second kappa shape index (κ2) is 9.93. The Kier molecular flexibility index (Phi) is 6.84. The number of nitrogens with one attached hydrogen (secondary N) is 1. The number of aryl methyl sites for hydroxylation is 1. The molecule has 0 spiro atoms. The number of ether oxygens (including phenoxy) is 2. The number of hydrogen-bond donors (Lipinski definition) is 1. The lowest BCUT2D eigenvalue weighted by molar-refractivity contribution is -0.0810. The van der Waals surface area contributed by atoms with E-state index in [0.717, 1.165) is 6.07 Å². The number of nitrogens with zero attached hydrogens (tertiary/aromatic N) is 4. The second-order valence-corrected chi connectivity index (χ2v) is 11.4. The van der Waals surface area contributed by atoms with Crippen molar-refractivity contribution in [1.82, 2.24) is 15.0 Å². The molecule has 37 heavy (non-hydrogen) atoms. The van der Waals surface area contributed by atoms with Crippen LogP contribution in [0.15, 0.2) is 24.3 Å². The number of alkyl halides is 2. The molecule has 5 rings (SSSR count). The van der Waals surface area contributed by atoms with E-state index >= 15 is 0 Å². The number of aromatic nitrogens is 3. The predicted molar refractivity (Wildman–Crippen MR) is 132 cm³/mol. The van der Waals surface area contributed by atoms with Crippen LogP contribution in [0.4, 0.5) is 24.7 Å². The number of sulfone groups is 1. The number of anilines is 2. The molecule has 2 saturated heterocycles. The van der Waals surface area contributed by atoms with E-state index in [1.165, 1.54) is 12.1 Å². The SMILES string of the molecule is Cc1nc(N[C@H](C)c2cccc(C(F)F)c2F)c2cc(N3CCS(=O)(=O)CC3)c(OC3COC3)nc2n1. The van der Waals surface area contributed by atoms with Crippen LogP contribution in [0, 0.1) is 12.7 Å². The van der Waals surface area contributed by atoms with Crippen LogP contribution in [-0.4, -0.2) is 67.3 Å². The van der Waals surface area contributed by atoms with E-state index in [-0.39, 0.29) is 36.3 Å². The highest BCUT2D eigenvalue weighted by Crippen LogP contribution is 2.36. The van der Waals surface area contributed by atoms with Crippen molar-refractivity contribution in [2.75, 3.05) is 48.0 Å². The number of rotatable bonds is 7. The van der Waals surface area contributed by atoms with Gasteiger partial charge in [-0.25, -0.2) is 31.6 Å². The average molecular weight is 538 g/mol. The quantitative estimate of drug-likeness (QED) is 0.484. The Labute approximate surface area is 211 Å². The fourth-order valence-electron chi connectivity index (χ4n) is 4.31. The lowest BCUT2D eigenvalue weighted by atomic mass is 10.0. The fourth-order valence-corrected chi connectivity index (χ4v) is 5.51. The zero-order valence-corrected chi connectivity index (χ0v) is 21.1. The van der Waals surface area contributed by atoms with E-state index in [1.807, 2.05) is 4.90 Å². The zero-order chi connectivity index (χ0) is 26.3. The normalized spacial score (nSPS) is 18.6. The minimum Gasteiger partial charge on any atom is -0.468 e. The minimum atomic E-state index is -3.12. The molecule has 198 valence electrons. The third kappa shape index (κ3) is 5.28. The van der Waals surface area contributed by atoms with Gasteiger partial charge in [0.1, 0.15) is 29.3 Å². The van der Waals surface area contributed by atoms with Crippen LogP contribution < -0.4 is 15.0 Å². The van der Waals surface area contributed by atoms with Crippen LogP contribution >= 0.6 is 0 Å². The van der Waals surface area contributed by atoms with E-state index in [0.29, 0.717) is 47.5 Å². The van der Waals surface area contributed by atoms with Crippen molar-refractivity contribution >= 4 is 32.4 Å². The summed E-state index contributed by atoms with van der Waals surface area (Å²) in [6, 6.07) is 4.96. The molecule has 1 N–H and O–H groups in total. The molecule has 0 amide bonds. The summed E-state index contributed by atoms with van der Waals surface area (Å²) in [5, 5.41) is 3.63. The Balaban J connectivity index is 1.55. The van der Waals surface area contributed by atoms with Gasteiger partial charge in [-0.05, 0) is 19.9 Å². The Morgan fingerprint density at radius 1 is 1.14 bits per heavy atom. The summed E-state index contributed by atoms with van der Waals surface area (Å²) >= 11 is 0. The van der Waals surface area contributed by atoms with E-state index in [1.54, 1.807) is 19.9 Å². The Bertz CT molecular complexity index is 1420. The topological polar surface area (TPSA) is 107 Å². The summed E-state index contributed by atoms with van der Waals surface area (Å²) in [7, 11) is -3.12. The molecular formula is C24H26F3N5O4S. The van der Waals surface area contributed by atoms with Crippen molar-refractivity contribution in [3.63, 3.8) is 0 Å². The summed E-state index contributed by atoms with van der Waals surface area (Å²) in [6.07, 6.45) is -3.11. The molecule has 1 aromatic carbocycles. The van der Waals surface area contributed by atoms with Gasteiger partial charge < -0.3 is 19.7 Å². The number of halogens is 3. The molecule has 2 aromatic heterocycles. The molecule has 0 radical (unpaired) electrons. The first-order chi connectivity index (χ1) is 17.6. The molecule has 0 aliphatic carbocycles. The van der Waals surface area contributed by atoms with Gasteiger partial charge in [-0.15, -0.1) is 0 Å². The lowest BCUT2D eigenvalue weighted by Gasteiger charge is -2.32.